The van der Waals surface area contributed by atoms with Gasteiger partial charge in [0, 0.05) is 16.8 Å². The lowest BCUT2D eigenvalue weighted by molar-refractivity contribution is -0.346. The molecule has 0 radical (unpaired) electrons. The van der Waals surface area contributed by atoms with Crippen LogP contribution >= 0.6 is 0 Å². The first-order valence-corrected chi connectivity index (χ1v) is 7.91. The van der Waals surface area contributed by atoms with E-state index in [9.17, 15) is 5.26 Å². The Morgan fingerprint density at radius 2 is 1.54 bits per heavy atom. The largest absolute Gasteiger partial charge is 0.493 e. The highest BCUT2D eigenvalue weighted by Crippen LogP contribution is 2.35. The first-order chi connectivity index (χ1) is 12.6. The smallest absolute Gasteiger partial charge is 0.289 e. The van der Waals surface area contributed by atoms with Gasteiger partial charge < -0.3 is 15.2 Å². The predicted octanol–water partition coefficient (Wildman–Crippen LogP) is 2.89. The number of pyridine rings is 1. The number of anilines is 2. The third kappa shape index (κ3) is 3.10. The lowest BCUT2D eigenvalue weighted by Crippen LogP contribution is -2.16. The number of H-pyrrole nitrogens is 1. The number of nitrogens with one attached hydrogen (secondary N) is 1. The Hall–Kier alpha value is -3.72. The van der Waals surface area contributed by atoms with Gasteiger partial charge in [0.05, 0.1) is 14.2 Å². The summed E-state index contributed by atoms with van der Waals surface area (Å²) in [5.74, 6) is 1.49. The van der Waals surface area contributed by atoms with Gasteiger partial charge in [-0.15, -0.1) is 0 Å². The van der Waals surface area contributed by atoms with E-state index in [1.807, 2.05) is 42.5 Å². The van der Waals surface area contributed by atoms with Crippen molar-refractivity contribution in [3.63, 3.8) is 0 Å². The number of nitriles is 1. The Bertz CT molecular complexity index is 992. The number of nitrogen functional groups attached to an aromatic ring is 2. The second kappa shape index (κ2) is 7.03. The third-order valence-corrected chi connectivity index (χ3v) is 4.12. The van der Waals surface area contributed by atoms with Crippen molar-refractivity contribution in [1.29, 1.82) is 5.26 Å². The van der Waals surface area contributed by atoms with Crippen LogP contribution in [-0.4, -0.2) is 14.2 Å². The maximum absolute atomic E-state index is 9.56. The average molecular weight is 347 g/mol. The zero-order chi connectivity index (χ0) is 18.7. The van der Waals surface area contributed by atoms with Gasteiger partial charge in [0.1, 0.15) is 17.3 Å². The van der Waals surface area contributed by atoms with Crippen LogP contribution in [0.3, 0.4) is 0 Å². The molecule has 0 aliphatic heterocycles. The summed E-state index contributed by atoms with van der Waals surface area (Å²) in [7, 11) is 3.15. The van der Waals surface area contributed by atoms with Crippen molar-refractivity contribution < 1.29 is 14.5 Å². The molecule has 6 heteroatoms. The molecule has 3 rings (SSSR count). The second-order valence-corrected chi connectivity index (χ2v) is 5.69. The van der Waals surface area contributed by atoms with Crippen LogP contribution in [0.25, 0.3) is 22.4 Å². The highest BCUT2D eigenvalue weighted by atomic mass is 16.5. The van der Waals surface area contributed by atoms with Crippen LogP contribution in [0.4, 0.5) is 11.5 Å². The highest BCUT2D eigenvalue weighted by Gasteiger charge is 2.18. The summed E-state index contributed by atoms with van der Waals surface area (Å²) < 4.78 is 10.6. The molecule has 0 spiro atoms. The van der Waals surface area contributed by atoms with E-state index in [1.54, 1.807) is 20.3 Å². The molecule has 1 heterocycles. The molecule has 1 aromatic heterocycles. The lowest BCUT2D eigenvalue weighted by atomic mass is 9.98. The molecule has 0 aliphatic rings. The van der Waals surface area contributed by atoms with Crippen molar-refractivity contribution in [3.8, 4) is 40.0 Å². The van der Waals surface area contributed by atoms with E-state index < -0.39 is 0 Å². The normalized spacial score (nSPS) is 10.2. The number of aromatic amines is 1. The van der Waals surface area contributed by atoms with Crippen molar-refractivity contribution in [2.24, 2.45) is 0 Å². The number of benzene rings is 2. The third-order valence-electron chi connectivity index (χ3n) is 4.12. The fourth-order valence-electron chi connectivity index (χ4n) is 2.78. The fourth-order valence-corrected chi connectivity index (χ4v) is 2.78. The average Bonchev–Trinajstić information content (AvgIpc) is 2.67. The van der Waals surface area contributed by atoms with Gasteiger partial charge in [-0.2, -0.15) is 5.26 Å². The van der Waals surface area contributed by atoms with Crippen molar-refractivity contribution in [2.75, 3.05) is 25.7 Å². The summed E-state index contributed by atoms with van der Waals surface area (Å²) >= 11 is 0. The summed E-state index contributed by atoms with van der Waals surface area (Å²) in [6, 6.07) is 17.0. The minimum atomic E-state index is 0.298. The van der Waals surface area contributed by atoms with Crippen LogP contribution in [-0.2, 0) is 0 Å². The SMILES string of the molecule is COc1ccc(-c2cc(-c3ccc(N)cc3)[nH+]c(N)c2C#N)cc1OC. The van der Waals surface area contributed by atoms with E-state index in [2.05, 4.69) is 11.1 Å². The zero-order valence-corrected chi connectivity index (χ0v) is 14.5. The van der Waals surface area contributed by atoms with Gasteiger partial charge in [-0.05, 0) is 48.0 Å². The van der Waals surface area contributed by atoms with Gasteiger partial charge in [-0.25, -0.2) is 4.98 Å². The van der Waals surface area contributed by atoms with Gasteiger partial charge in [0.25, 0.3) is 5.82 Å². The summed E-state index contributed by atoms with van der Waals surface area (Å²) in [5, 5.41) is 9.56. The number of aromatic nitrogens is 1. The van der Waals surface area contributed by atoms with Crippen molar-refractivity contribution >= 4 is 11.5 Å². The molecule has 0 saturated heterocycles. The lowest BCUT2D eigenvalue weighted by Gasteiger charge is -2.11. The number of ether oxygens (including phenoxy) is 2. The standard InChI is InChI=1S/C20H18N4O2/c1-25-18-8-5-13(9-19(18)26-2)15-10-17(24-20(23)16(15)11-21)12-3-6-14(22)7-4-12/h3-10H,22H2,1-2H3,(H2,23,24)/p+1. The van der Waals surface area contributed by atoms with Gasteiger partial charge >= 0.3 is 0 Å². The van der Waals surface area contributed by atoms with Crippen LogP contribution in [0, 0.1) is 11.3 Å². The van der Waals surface area contributed by atoms with Crippen molar-refractivity contribution in [2.45, 2.75) is 0 Å². The van der Waals surface area contributed by atoms with E-state index in [0.717, 1.165) is 16.8 Å². The van der Waals surface area contributed by atoms with Gasteiger partial charge in [-0.1, -0.05) is 6.07 Å². The quantitative estimate of drug-likeness (QED) is 0.705. The molecule has 0 aliphatic carbocycles. The van der Waals surface area contributed by atoms with Crippen molar-refractivity contribution in [3.05, 3.63) is 54.1 Å². The molecule has 130 valence electrons. The zero-order valence-electron chi connectivity index (χ0n) is 14.5. The summed E-state index contributed by atoms with van der Waals surface area (Å²) in [5.41, 5.74) is 16.1. The van der Waals surface area contributed by atoms with Gasteiger partial charge in [0.15, 0.2) is 11.5 Å². The van der Waals surface area contributed by atoms with Crippen LogP contribution in [0.5, 0.6) is 11.5 Å². The van der Waals surface area contributed by atoms with Crippen molar-refractivity contribution in [1.82, 2.24) is 0 Å². The molecule has 26 heavy (non-hydrogen) atoms. The molecule has 3 aromatic rings. The van der Waals surface area contributed by atoms with Gasteiger partial charge in [0.2, 0.25) is 0 Å². The first-order valence-electron chi connectivity index (χ1n) is 7.91. The molecule has 0 atom stereocenters. The molecule has 6 nitrogen and oxygen atoms in total. The van der Waals surface area contributed by atoms with Crippen LogP contribution in [0.1, 0.15) is 5.56 Å². The van der Waals surface area contributed by atoms with Crippen LogP contribution < -0.4 is 25.9 Å². The molecule has 5 N–H and O–H groups in total. The van der Waals surface area contributed by atoms with Crippen LogP contribution in [0.15, 0.2) is 48.5 Å². The summed E-state index contributed by atoms with van der Waals surface area (Å²) in [4.78, 5) is 3.08. The Morgan fingerprint density at radius 3 is 2.15 bits per heavy atom. The number of hydrogen-bond acceptors (Lipinski definition) is 5. The molecule has 0 unspecified atom stereocenters. The molecule has 0 amide bonds. The number of nitrogens with zero attached hydrogens (tertiary/aromatic N) is 1. The molecule has 0 saturated carbocycles. The number of nitrogens with two attached hydrogens (primary N) is 2. The number of hydrogen-bond donors (Lipinski definition) is 2. The minimum absolute atomic E-state index is 0.298. The molecule has 0 bridgehead atoms. The molecular formula is C20H19N4O2+. The Kier molecular flexibility index (Phi) is 4.63. The molecule has 0 fully saturated rings. The van der Waals surface area contributed by atoms with E-state index in [0.29, 0.717) is 34.1 Å². The highest BCUT2D eigenvalue weighted by molar-refractivity contribution is 5.79. The Labute approximate surface area is 151 Å². The minimum Gasteiger partial charge on any atom is -0.493 e. The van der Waals surface area contributed by atoms with E-state index in [-0.39, 0.29) is 0 Å². The fraction of sp³-hybridized carbons (Fsp3) is 0.100. The molecular weight excluding hydrogens is 328 g/mol. The maximum Gasteiger partial charge on any atom is 0.289 e. The monoisotopic (exact) mass is 347 g/mol. The van der Waals surface area contributed by atoms with Gasteiger partial charge in [-0.3, -0.25) is 5.73 Å². The Morgan fingerprint density at radius 1 is 0.885 bits per heavy atom. The Balaban J connectivity index is 2.20. The summed E-state index contributed by atoms with van der Waals surface area (Å²) in [6.07, 6.45) is 0. The number of methoxy groups -OCH3 is 2. The van der Waals surface area contributed by atoms with Crippen LogP contribution in [0.2, 0.25) is 0 Å². The predicted molar refractivity (Wildman–Crippen MR) is 101 cm³/mol. The number of rotatable bonds is 4. The van der Waals surface area contributed by atoms with E-state index in [4.69, 9.17) is 20.9 Å². The topological polar surface area (TPSA) is 108 Å². The molecule has 2 aromatic carbocycles. The summed E-state index contributed by atoms with van der Waals surface area (Å²) in [6.45, 7) is 0. The second-order valence-electron chi connectivity index (χ2n) is 5.69. The van der Waals surface area contributed by atoms with E-state index >= 15 is 0 Å². The first kappa shape index (κ1) is 17.1. The maximum atomic E-state index is 9.56. The van der Waals surface area contributed by atoms with E-state index in [1.165, 1.54) is 0 Å².